The van der Waals surface area contributed by atoms with Gasteiger partial charge in [-0.3, -0.25) is 4.79 Å². The average Bonchev–Trinajstić information content (AvgIpc) is 2.45. The van der Waals surface area contributed by atoms with Gasteiger partial charge in [0.25, 0.3) is 5.91 Å². The van der Waals surface area contributed by atoms with Crippen LogP contribution in [0.25, 0.3) is 10.8 Å². The molecule has 0 fully saturated rings. The minimum atomic E-state index is -0.252. The maximum atomic E-state index is 12.3. The van der Waals surface area contributed by atoms with Crippen LogP contribution in [-0.2, 0) is 0 Å². The van der Waals surface area contributed by atoms with E-state index in [2.05, 4.69) is 11.2 Å². The van der Waals surface area contributed by atoms with Crippen molar-refractivity contribution in [2.75, 3.05) is 5.73 Å². The lowest BCUT2D eigenvalue weighted by molar-refractivity contribution is 0.0945. The molecule has 102 valence electrons. The van der Waals surface area contributed by atoms with Gasteiger partial charge >= 0.3 is 0 Å². The minimum absolute atomic E-state index is 0.218. The molecule has 2 aromatic carbocycles. The zero-order valence-electron chi connectivity index (χ0n) is 11.5. The summed E-state index contributed by atoms with van der Waals surface area (Å²) in [6, 6.07) is 11.2. The summed E-state index contributed by atoms with van der Waals surface area (Å²) < 4.78 is 0. The fourth-order valence-corrected chi connectivity index (χ4v) is 2.18. The second kappa shape index (κ2) is 6.12. The van der Waals surface area contributed by atoms with Gasteiger partial charge in [-0.2, -0.15) is 0 Å². The molecule has 20 heavy (non-hydrogen) atoms. The van der Waals surface area contributed by atoms with Gasteiger partial charge in [-0.1, -0.05) is 43.5 Å². The third-order valence-corrected chi connectivity index (χ3v) is 3.25. The Morgan fingerprint density at radius 2 is 2.00 bits per heavy atom. The van der Waals surface area contributed by atoms with E-state index in [1.165, 1.54) is 0 Å². The first-order valence-electron chi connectivity index (χ1n) is 6.71. The van der Waals surface area contributed by atoms with Crippen LogP contribution in [0.4, 0.5) is 5.69 Å². The number of terminal acetylenes is 1. The molecular formula is C17H18N2O. The van der Waals surface area contributed by atoms with Crippen molar-refractivity contribution in [3.8, 4) is 12.3 Å². The molecular weight excluding hydrogens is 248 g/mol. The second-order valence-corrected chi connectivity index (χ2v) is 4.77. The third kappa shape index (κ3) is 2.92. The van der Waals surface area contributed by atoms with Gasteiger partial charge in [0.2, 0.25) is 0 Å². The Kier molecular flexibility index (Phi) is 4.27. The SMILES string of the molecule is C#CC(CCC)NC(=O)c1cc2ccccc2cc1N. The van der Waals surface area contributed by atoms with Crippen LogP contribution < -0.4 is 11.1 Å². The Hall–Kier alpha value is -2.47. The van der Waals surface area contributed by atoms with Crippen LogP contribution >= 0.6 is 0 Å². The van der Waals surface area contributed by atoms with Crippen LogP contribution in [0.5, 0.6) is 0 Å². The quantitative estimate of drug-likeness (QED) is 0.660. The maximum Gasteiger partial charge on any atom is 0.254 e. The normalized spacial score (nSPS) is 11.8. The number of anilines is 1. The number of hydrogen-bond acceptors (Lipinski definition) is 2. The standard InChI is InChI=1S/C17H18N2O/c1-3-7-14(4-2)19-17(20)15-10-12-8-5-6-9-13(12)11-16(15)18/h2,5-6,8-11,14H,3,7,18H2,1H3,(H,19,20). The van der Waals surface area contributed by atoms with Crippen LogP contribution in [0.1, 0.15) is 30.1 Å². The third-order valence-electron chi connectivity index (χ3n) is 3.25. The van der Waals surface area contributed by atoms with Crippen molar-refractivity contribution in [1.29, 1.82) is 0 Å². The fourth-order valence-electron chi connectivity index (χ4n) is 2.18. The first kappa shape index (κ1) is 14.0. The van der Waals surface area contributed by atoms with E-state index in [1.54, 1.807) is 6.07 Å². The van der Waals surface area contributed by atoms with Crippen molar-refractivity contribution in [2.45, 2.75) is 25.8 Å². The van der Waals surface area contributed by atoms with Crippen molar-refractivity contribution in [2.24, 2.45) is 0 Å². The lowest BCUT2D eigenvalue weighted by atomic mass is 10.0. The van der Waals surface area contributed by atoms with Crippen LogP contribution in [0.2, 0.25) is 0 Å². The average molecular weight is 266 g/mol. The number of carbonyl (C=O) groups is 1. The summed E-state index contributed by atoms with van der Waals surface area (Å²) in [5, 5.41) is 4.84. The van der Waals surface area contributed by atoms with Crippen molar-refractivity contribution in [3.63, 3.8) is 0 Å². The van der Waals surface area contributed by atoms with Gasteiger partial charge in [-0.05, 0) is 29.3 Å². The van der Waals surface area contributed by atoms with E-state index in [0.29, 0.717) is 11.3 Å². The summed E-state index contributed by atoms with van der Waals surface area (Å²) in [4.78, 5) is 12.3. The molecule has 2 rings (SSSR count). The number of fused-ring (bicyclic) bond motifs is 1. The highest BCUT2D eigenvalue weighted by molar-refractivity contribution is 6.04. The highest BCUT2D eigenvalue weighted by Crippen LogP contribution is 2.22. The van der Waals surface area contributed by atoms with E-state index >= 15 is 0 Å². The molecule has 0 aliphatic rings. The van der Waals surface area contributed by atoms with Gasteiger partial charge in [-0.25, -0.2) is 0 Å². The Balaban J connectivity index is 2.30. The molecule has 0 heterocycles. The first-order chi connectivity index (χ1) is 9.65. The number of hydrogen-bond donors (Lipinski definition) is 2. The van der Waals surface area contributed by atoms with Gasteiger partial charge in [-0.15, -0.1) is 6.42 Å². The van der Waals surface area contributed by atoms with Gasteiger partial charge in [0.1, 0.15) is 0 Å². The number of nitrogen functional groups attached to an aromatic ring is 1. The topological polar surface area (TPSA) is 55.1 Å². The Morgan fingerprint density at radius 3 is 2.60 bits per heavy atom. The van der Waals surface area contributed by atoms with Gasteiger partial charge in [0.15, 0.2) is 0 Å². The van der Waals surface area contributed by atoms with Crippen LogP contribution in [0.3, 0.4) is 0 Å². The van der Waals surface area contributed by atoms with Gasteiger partial charge in [0, 0.05) is 5.69 Å². The fraction of sp³-hybridized carbons (Fsp3) is 0.235. The molecule has 3 N–H and O–H groups in total. The zero-order chi connectivity index (χ0) is 14.5. The Labute approximate surface area is 119 Å². The van der Waals surface area contributed by atoms with E-state index in [4.69, 9.17) is 12.2 Å². The monoisotopic (exact) mass is 266 g/mol. The van der Waals surface area contributed by atoms with E-state index < -0.39 is 0 Å². The molecule has 3 nitrogen and oxygen atoms in total. The van der Waals surface area contributed by atoms with Crippen molar-refractivity contribution in [1.82, 2.24) is 5.32 Å². The number of benzene rings is 2. The van der Waals surface area contributed by atoms with E-state index in [0.717, 1.165) is 23.6 Å². The molecule has 0 saturated heterocycles. The number of nitrogens with one attached hydrogen (secondary N) is 1. The number of carbonyl (C=O) groups excluding carboxylic acids is 1. The smallest absolute Gasteiger partial charge is 0.254 e. The molecule has 1 unspecified atom stereocenters. The highest BCUT2D eigenvalue weighted by Gasteiger charge is 2.14. The second-order valence-electron chi connectivity index (χ2n) is 4.77. The molecule has 0 aliphatic heterocycles. The number of amides is 1. The van der Waals surface area contributed by atoms with E-state index in [-0.39, 0.29) is 11.9 Å². The maximum absolute atomic E-state index is 12.3. The van der Waals surface area contributed by atoms with Crippen LogP contribution in [0, 0.1) is 12.3 Å². The number of nitrogens with two attached hydrogens (primary N) is 1. The highest BCUT2D eigenvalue weighted by atomic mass is 16.1. The predicted octanol–water partition coefficient (Wildman–Crippen LogP) is 2.95. The lowest BCUT2D eigenvalue weighted by Crippen LogP contribution is -2.34. The van der Waals surface area contributed by atoms with E-state index in [1.807, 2.05) is 37.3 Å². The molecule has 0 radical (unpaired) electrons. The minimum Gasteiger partial charge on any atom is -0.398 e. The van der Waals surface area contributed by atoms with Gasteiger partial charge < -0.3 is 11.1 Å². The van der Waals surface area contributed by atoms with Crippen molar-refractivity contribution < 1.29 is 4.79 Å². The molecule has 0 aliphatic carbocycles. The first-order valence-corrected chi connectivity index (χ1v) is 6.71. The largest absolute Gasteiger partial charge is 0.398 e. The molecule has 1 amide bonds. The van der Waals surface area contributed by atoms with E-state index in [9.17, 15) is 4.79 Å². The zero-order valence-corrected chi connectivity index (χ0v) is 11.5. The summed E-state index contributed by atoms with van der Waals surface area (Å²) >= 11 is 0. The molecule has 2 aromatic rings. The summed E-state index contributed by atoms with van der Waals surface area (Å²) in [5.41, 5.74) is 6.90. The predicted molar refractivity (Wildman–Crippen MR) is 83.4 cm³/mol. The van der Waals surface area contributed by atoms with Crippen LogP contribution in [-0.4, -0.2) is 11.9 Å². The summed E-state index contributed by atoms with van der Waals surface area (Å²) in [7, 11) is 0. The van der Waals surface area contributed by atoms with Crippen molar-refractivity contribution >= 4 is 22.4 Å². The molecule has 1 atom stereocenters. The Bertz CT molecular complexity index is 670. The number of rotatable bonds is 4. The molecule has 0 aromatic heterocycles. The summed E-state index contributed by atoms with van der Waals surface area (Å²) in [6.45, 7) is 2.03. The van der Waals surface area contributed by atoms with Crippen molar-refractivity contribution in [3.05, 3.63) is 42.0 Å². The summed E-state index contributed by atoms with van der Waals surface area (Å²) in [5.74, 6) is 2.37. The molecule has 3 heteroatoms. The lowest BCUT2D eigenvalue weighted by Gasteiger charge is -2.13. The van der Waals surface area contributed by atoms with Crippen LogP contribution in [0.15, 0.2) is 36.4 Å². The molecule has 0 spiro atoms. The molecule has 0 bridgehead atoms. The summed E-state index contributed by atoms with van der Waals surface area (Å²) in [6.07, 6.45) is 7.10. The Morgan fingerprint density at radius 1 is 1.35 bits per heavy atom. The molecule has 0 saturated carbocycles. The van der Waals surface area contributed by atoms with Gasteiger partial charge in [0.05, 0.1) is 11.6 Å².